The average Bonchev–Trinajstić information content (AvgIpc) is 3.30. The van der Waals surface area contributed by atoms with E-state index in [0.29, 0.717) is 0 Å². The van der Waals surface area contributed by atoms with E-state index < -0.39 is 0 Å². The lowest BCUT2D eigenvalue weighted by atomic mass is 9.69. The van der Waals surface area contributed by atoms with Crippen LogP contribution in [0.3, 0.4) is 0 Å². The van der Waals surface area contributed by atoms with Gasteiger partial charge in [-0.15, -0.1) is 0 Å². The lowest BCUT2D eigenvalue weighted by molar-refractivity contribution is 0.0658. The minimum absolute atomic E-state index is 0.0202. The molecule has 3 aromatic rings. The van der Waals surface area contributed by atoms with Crippen LogP contribution in [0.5, 0.6) is 0 Å². The molecule has 2 N–H and O–H groups in total. The molecule has 150 valence electrons. The van der Waals surface area contributed by atoms with Crippen LogP contribution < -0.4 is 10.2 Å². The Kier molecular flexibility index (Phi) is 4.17. The van der Waals surface area contributed by atoms with Gasteiger partial charge in [0.15, 0.2) is 0 Å². The quantitative estimate of drug-likeness (QED) is 0.696. The van der Waals surface area contributed by atoms with Gasteiger partial charge in [-0.25, -0.2) is 4.79 Å². The highest BCUT2D eigenvalue weighted by Crippen LogP contribution is 2.46. The molecule has 1 aliphatic heterocycles. The molecule has 0 unspecified atom stereocenters. The maximum absolute atomic E-state index is 12.9. The third-order valence-corrected chi connectivity index (χ3v) is 7.14. The zero-order valence-electron chi connectivity index (χ0n) is 17.1. The molecule has 0 radical (unpaired) electrons. The summed E-state index contributed by atoms with van der Waals surface area (Å²) < 4.78 is 0. The third kappa shape index (κ3) is 2.84. The number of amides is 2. The number of para-hydroxylation sites is 1. The number of fused-ring (bicyclic) bond motifs is 1. The van der Waals surface area contributed by atoms with Crippen molar-refractivity contribution in [1.82, 2.24) is 15.2 Å². The molecule has 2 amide bonds. The summed E-state index contributed by atoms with van der Waals surface area (Å²) in [4.78, 5) is 20.5. The second-order valence-electron chi connectivity index (χ2n) is 8.81. The van der Waals surface area contributed by atoms with Crippen LogP contribution >= 0.6 is 0 Å². The van der Waals surface area contributed by atoms with Crippen molar-refractivity contribution in [1.29, 1.82) is 0 Å². The van der Waals surface area contributed by atoms with Gasteiger partial charge in [-0.05, 0) is 51.4 Å². The Balaban J connectivity index is 1.41. The summed E-state index contributed by atoms with van der Waals surface area (Å²) in [5.74, 6) is 0. The van der Waals surface area contributed by atoms with Gasteiger partial charge < -0.3 is 10.3 Å². The number of carbonyl (C=O) groups is 1. The monoisotopic (exact) mass is 388 g/mol. The van der Waals surface area contributed by atoms with Crippen LogP contribution in [0, 0.1) is 0 Å². The van der Waals surface area contributed by atoms with E-state index in [-0.39, 0.29) is 17.1 Å². The fraction of sp³-hybridized carbons (Fsp3) is 0.375. The summed E-state index contributed by atoms with van der Waals surface area (Å²) in [5.41, 5.74) is 3.30. The van der Waals surface area contributed by atoms with E-state index in [1.54, 1.807) is 0 Å². The summed E-state index contributed by atoms with van der Waals surface area (Å²) in [7, 11) is 4.35. The van der Waals surface area contributed by atoms with Crippen molar-refractivity contribution in [3.8, 4) is 0 Å². The fourth-order valence-electron chi connectivity index (χ4n) is 5.35. The van der Waals surface area contributed by atoms with E-state index in [4.69, 9.17) is 0 Å². The van der Waals surface area contributed by atoms with Crippen LogP contribution in [0.25, 0.3) is 10.9 Å². The summed E-state index contributed by atoms with van der Waals surface area (Å²) in [6.45, 7) is 0.728. The number of H-pyrrole nitrogens is 1. The first-order valence-corrected chi connectivity index (χ1v) is 10.4. The van der Waals surface area contributed by atoms with Crippen LogP contribution in [-0.4, -0.2) is 42.1 Å². The van der Waals surface area contributed by atoms with Gasteiger partial charge in [0.2, 0.25) is 0 Å². The summed E-state index contributed by atoms with van der Waals surface area (Å²) >= 11 is 0. The smallest absolute Gasteiger partial charge is 0.322 e. The molecule has 1 saturated carbocycles. The van der Waals surface area contributed by atoms with Gasteiger partial charge in [-0.2, -0.15) is 0 Å². The lowest BCUT2D eigenvalue weighted by Crippen LogP contribution is -2.54. The standard InChI is InChI=1S/C24H28N4O/c1-27(2)24(18-8-4-3-5-9-18)14-12-23(13-15-24)17-28(22(29)26-23)21-16-25-20-11-7-6-10-19(20)21/h3-11,16,25H,12-15,17H2,1-2H3,(H,26,29)/t23-,24+. The summed E-state index contributed by atoms with van der Waals surface area (Å²) in [5, 5.41) is 4.45. The second kappa shape index (κ2) is 6.63. The molecule has 2 aromatic carbocycles. The highest BCUT2D eigenvalue weighted by molar-refractivity contribution is 6.04. The van der Waals surface area contributed by atoms with Crippen LogP contribution in [0.15, 0.2) is 60.8 Å². The highest BCUT2D eigenvalue weighted by Gasteiger charge is 2.50. The van der Waals surface area contributed by atoms with Crippen molar-refractivity contribution in [2.75, 3.05) is 25.5 Å². The minimum atomic E-state index is -0.149. The van der Waals surface area contributed by atoms with E-state index in [0.717, 1.165) is 48.8 Å². The third-order valence-electron chi connectivity index (χ3n) is 7.14. The Morgan fingerprint density at radius 2 is 1.62 bits per heavy atom. The molecule has 1 spiro atoms. The number of rotatable bonds is 3. The molecule has 1 saturated heterocycles. The molecule has 5 nitrogen and oxygen atoms in total. The van der Waals surface area contributed by atoms with Crippen molar-refractivity contribution in [2.45, 2.75) is 36.8 Å². The Labute approximate surface area is 171 Å². The SMILES string of the molecule is CN(C)[C@]1(c2ccccc2)CC[C@]2(CC1)CN(c1c[nH]c3ccccc13)C(=O)N2. The maximum Gasteiger partial charge on any atom is 0.322 e. The summed E-state index contributed by atoms with van der Waals surface area (Å²) in [6, 6.07) is 19.0. The molecule has 0 atom stereocenters. The zero-order chi connectivity index (χ0) is 20.1. The minimum Gasteiger partial charge on any atom is -0.359 e. The number of urea groups is 1. The van der Waals surface area contributed by atoms with E-state index in [1.807, 2.05) is 23.2 Å². The molecule has 1 aromatic heterocycles. The number of aromatic nitrogens is 1. The van der Waals surface area contributed by atoms with Gasteiger partial charge in [0.05, 0.1) is 17.8 Å². The Hall–Kier alpha value is -2.79. The summed E-state index contributed by atoms with van der Waals surface area (Å²) in [6.07, 6.45) is 5.98. The Bertz CT molecular complexity index is 1030. The molecule has 2 fully saturated rings. The number of aromatic amines is 1. The molecule has 29 heavy (non-hydrogen) atoms. The number of carbonyl (C=O) groups excluding carboxylic acids is 1. The number of anilines is 1. The van der Waals surface area contributed by atoms with E-state index in [1.165, 1.54) is 5.56 Å². The van der Waals surface area contributed by atoms with Gasteiger partial charge in [-0.3, -0.25) is 9.80 Å². The number of nitrogens with one attached hydrogen (secondary N) is 2. The van der Waals surface area contributed by atoms with E-state index in [2.05, 4.69) is 71.8 Å². The van der Waals surface area contributed by atoms with Gasteiger partial charge in [-0.1, -0.05) is 48.5 Å². The van der Waals surface area contributed by atoms with Crippen molar-refractivity contribution in [3.05, 3.63) is 66.4 Å². The van der Waals surface area contributed by atoms with Crippen LogP contribution in [-0.2, 0) is 5.54 Å². The first-order valence-electron chi connectivity index (χ1n) is 10.4. The molecule has 0 bridgehead atoms. The fourth-order valence-corrected chi connectivity index (χ4v) is 5.35. The predicted molar refractivity (Wildman–Crippen MR) is 117 cm³/mol. The molecule has 2 aliphatic rings. The first kappa shape index (κ1) is 18.3. The zero-order valence-corrected chi connectivity index (χ0v) is 17.1. The Morgan fingerprint density at radius 3 is 2.34 bits per heavy atom. The first-order chi connectivity index (χ1) is 14.0. The van der Waals surface area contributed by atoms with Gasteiger partial charge in [0.25, 0.3) is 0 Å². The van der Waals surface area contributed by atoms with Crippen molar-refractivity contribution < 1.29 is 4.79 Å². The van der Waals surface area contributed by atoms with E-state index in [9.17, 15) is 4.79 Å². The Morgan fingerprint density at radius 1 is 0.931 bits per heavy atom. The van der Waals surface area contributed by atoms with Crippen molar-refractivity contribution in [3.63, 3.8) is 0 Å². The van der Waals surface area contributed by atoms with Crippen LogP contribution in [0.2, 0.25) is 0 Å². The lowest BCUT2D eigenvalue weighted by Gasteiger charge is -2.48. The molecule has 5 rings (SSSR count). The van der Waals surface area contributed by atoms with Crippen LogP contribution in [0.4, 0.5) is 10.5 Å². The average molecular weight is 389 g/mol. The van der Waals surface area contributed by atoms with Crippen LogP contribution in [0.1, 0.15) is 31.2 Å². The molecule has 5 heteroatoms. The predicted octanol–water partition coefficient (Wildman–Crippen LogP) is 4.47. The number of hydrogen-bond donors (Lipinski definition) is 2. The van der Waals surface area contributed by atoms with E-state index >= 15 is 0 Å². The van der Waals surface area contributed by atoms with Gasteiger partial charge >= 0.3 is 6.03 Å². The topological polar surface area (TPSA) is 51.4 Å². The largest absolute Gasteiger partial charge is 0.359 e. The number of nitrogens with zero attached hydrogens (tertiary/aromatic N) is 2. The van der Waals surface area contributed by atoms with Crippen molar-refractivity contribution in [2.24, 2.45) is 0 Å². The molecular weight excluding hydrogens is 360 g/mol. The molecule has 2 heterocycles. The number of benzene rings is 2. The number of hydrogen-bond acceptors (Lipinski definition) is 2. The highest BCUT2D eigenvalue weighted by atomic mass is 16.2. The van der Waals surface area contributed by atoms with Gasteiger partial charge in [0, 0.05) is 22.6 Å². The molecule has 1 aliphatic carbocycles. The normalized spacial score (nSPS) is 27.1. The molecular formula is C24H28N4O. The maximum atomic E-state index is 12.9. The van der Waals surface area contributed by atoms with Crippen molar-refractivity contribution >= 4 is 22.6 Å². The second-order valence-corrected chi connectivity index (χ2v) is 8.81. The van der Waals surface area contributed by atoms with Gasteiger partial charge in [0.1, 0.15) is 0 Å².